The monoisotopic (exact) mass is 364 g/mol. The van der Waals surface area contributed by atoms with Crippen molar-refractivity contribution in [3.05, 3.63) is 30.3 Å². The van der Waals surface area contributed by atoms with Gasteiger partial charge in [-0.3, -0.25) is 9.59 Å². The van der Waals surface area contributed by atoms with Crippen molar-refractivity contribution in [2.45, 2.75) is 49.1 Å². The molecule has 1 aromatic carbocycles. The largest absolute Gasteiger partial charge is 0.481 e. The van der Waals surface area contributed by atoms with Gasteiger partial charge in [0.05, 0.1) is 0 Å². The Morgan fingerprint density at radius 1 is 1.32 bits per heavy atom. The molecule has 0 unspecified atom stereocenters. The Morgan fingerprint density at radius 2 is 1.96 bits per heavy atom. The Bertz CT molecular complexity index is 708. The van der Waals surface area contributed by atoms with Gasteiger partial charge in [-0.2, -0.15) is 0 Å². The van der Waals surface area contributed by atoms with Crippen LogP contribution in [0.15, 0.2) is 30.3 Å². The molecule has 25 heavy (non-hydrogen) atoms. The number of carbonyl (C=O) groups is 3. The number of benzene rings is 1. The van der Waals surface area contributed by atoms with E-state index in [1.54, 1.807) is 45.0 Å². The minimum absolute atomic E-state index is 0.364. The number of rotatable bonds is 5. The summed E-state index contributed by atoms with van der Waals surface area (Å²) < 4.78 is 4.94. The first-order valence-electron chi connectivity index (χ1n) is 7.97. The van der Waals surface area contributed by atoms with E-state index in [1.165, 1.54) is 16.7 Å². The molecule has 0 radical (unpaired) electrons. The number of carboxylic acid groups (broad SMARTS) is 1. The summed E-state index contributed by atoms with van der Waals surface area (Å²) >= 11 is 1.39. The Labute approximate surface area is 149 Å². The predicted molar refractivity (Wildman–Crippen MR) is 92.2 cm³/mol. The molecule has 0 bridgehead atoms. The summed E-state index contributed by atoms with van der Waals surface area (Å²) in [6, 6.07) is 7.33. The van der Waals surface area contributed by atoms with E-state index in [2.05, 4.69) is 5.32 Å². The number of fused-ring (bicyclic) bond motifs is 1. The average Bonchev–Trinajstić information content (AvgIpc) is 2.81. The molecular formula is C17H20N2O5S. The lowest BCUT2D eigenvalue weighted by atomic mass is 9.96. The Hall–Kier alpha value is -2.22. The zero-order valence-electron chi connectivity index (χ0n) is 14.1. The number of para-hydroxylation sites is 1. The van der Waals surface area contributed by atoms with Crippen molar-refractivity contribution in [3.63, 3.8) is 0 Å². The summed E-state index contributed by atoms with van der Waals surface area (Å²) in [7, 11) is 0. The molecule has 134 valence electrons. The van der Waals surface area contributed by atoms with E-state index in [1.807, 2.05) is 6.07 Å². The summed E-state index contributed by atoms with van der Waals surface area (Å²) in [5.41, 5.74) is 0. The van der Waals surface area contributed by atoms with Crippen LogP contribution in [0, 0.1) is 0 Å². The average molecular weight is 364 g/mol. The molecule has 2 saturated heterocycles. The molecule has 0 saturated carbocycles. The standard InChI is InChI=1S/C17H20N2O5S/c1-9(24-10-7-5-4-6-8-10)13(20)18-11-14(21)19-12(16(22)23)17(2,3)25-15(11)19/h4-9,11-12,15H,1-3H3,(H,18,20)(H,22,23)/t9-,11+,12+,15+/m0/s1. The van der Waals surface area contributed by atoms with E-state index in [4.69, 9.17) is 4.74 Å². The maximum absolute atomic E-state index is 12.4. The molecular weight excluding hydrogens is 344 g/mol. The van der Waals surface area contributed by atoms with Crippen LogP contribution in [0.3, 0.4) is 0 Å². The summed E-state index contributed by atoms with van der Waals surface area (Å²) in [5, 5.41) is 11.7. The minimum Gasteiger partial charge on any atom is -0.481 e. The third-order valence-corrected chi connectivity index (χ3v) is 5.97. The number of carboxylic acids is 1. The van der Waals surface area contributed by atoms with E-state index in [9.17, 15) is 19.5 Å². The van der Waals surface area contributed by atoms with E-state index >= 15 is 0 Å². The molecule has 2 N–H and O–H groups in total. The van der Waals surface area contributed by atoms with Gasteiger partial charge in [-0.15, -0.1) is 11.8 Å². The molecule has 7 nitrogen and oxygen atoms in total. The summed E-state index contributed by atoms with van der Waals surface area (Å²) in [4.78, 5) is 37.5. The van der Waals surface area contributed by atoms with Crippen LogP contribution in [0.2, 0.25) is 0 Å². The number of nitrogens with zero attached hydrogens (tertiary/aromatic N) is 1. The van der Waals surface area contributed by atoms with Crippen LogP contribution >= 0.6 is 11.8 Å². The van der Waals surface area contributed by atoms with Crippen LogP contribution in [0.1, 0.15) is 20.8 Å². The zero-order valence-corrected chi connectivity index (χ0v) is 14.9. The van der Waals surface area contributed by atoms with Crippen LogP contribution in [-0.2, 0) is 14.4 Å². The normalized spacial score (nSPS) is 27.9. The van der Waals surface area contributed by atoms with Crippen molar-refractivity contribution < 1.29 is 24.2 Å². The van der Waals surface area contributed by atoms with Crippen LogP contribution in [0.25, 0.3) is 0 Å². The van der Waals surface area contributed by atoms with Gasteiger partial charge in [0, 0.05) is 4.75 Å². The highest BCUT2D eigenvalue weighted by atomic mass is 32.2. The molecule has 2 heterocycles. The predicted octanol–water partition coefficient (Wildman–Crippen LogP) is 1.09. The molecule has 8 heteroatoms. The third-order valence-electron chi connectivity index (χ3n) is 4.40. The maximum atomic E-state index is 12.4. The van der Waals surface area contributed by atoms with Crippen molar-refractivity contribution in [2.75, 3.05) is 0 Å². The number of aliphatic carboxylic acids is 1. The maximum Gasteiger partial charge on any atom is 0.327 e. The summed E-state index contributed by atoms with van der Waals surface area (Å²) in [6.45, 7) is 5.19. The first kappa shape index (κ1) is 17.6. The molecule has 0 aliphatic carbocycles. The minimum atomic E-state index is -1.03. The quantitative estimate of drug-likeness (QED) is 0.759. The molecule has 1 aromatic rings. The molecule has 4 atom stereocenters. The highest BCUT2D eigenvalue weighted by Gasteiger charge is 2.64. The fourth-order valence-electron chi connectivity index (χ4n) is 3.17. The first-order valence-corrected chi connectivity index (χ1v) is 8.85. The van der Waals surface area contributed by atoms with Gasteiger partial charge in [0.1, 0.15) is 23.2 Å². The number of thioether (sulfide) groups is 1. The number of β-lactam (4-membered cyclic amide) rings is 1. The SMILES string of the molecule is C[C@H](Oc1ccccc1)C(=O)N[C@@H]1C(=O)N2[C@@H]1SC(C)(C)[C@H]2C(=O)O. The lowest BCUT2D eigenvalue weighted by Gasteiger charge is -2.43. The van der Waals surface area contributed by atoms with Gasteiger partial charge >= 0.3 is 5.97 Å². The molecule has 0 spiro atoms. The van der Waals surface area contributed by atoms with Crippen LogP contribution < -0.4 is 10.1 Å². The van der Waals surface area contributed by atoms with Gasteiger partial charge < -0.3 is 20.1 Å². The van der Waals surface area contributed by atoms with E-state index in [0.717, 1.165) is 0 Å². The second-order valence-corrected chi connectivity index (χ2v) is 8.43. The van der Waals surface area contributed by atoms with Crippen molar-refractivity contribution in [1.29, 1.82) is 0 Å². The number of amides is 2. The molecule has 3 rings (SSSR count). The second kappa shape index (κ2) is 6.25. The number of hydrogen-bond donors (Lipinski definition) is 2. The second-order valence-electron chi connectivity index (χ2n) is 6.66. The van der Waals surface area contributed by atoms with Gasteiger partial charge in [-0.25, -0.2) is 4.79 Å². The lowest BCUT2D eigenvalue weighted by Crippen LogP contribution is -2.71. The van der Waals surface area contributed by atoms with Crippen molar-refractivity contribution >= 4 is 29.5 Å². The lowest BCUT2D eigenvalue weighted by molar-refractivity contribution is -0.161. The smallest absolute Gasteiger partial charge is 0.327 e. The highest BCUT2D eigenvalue weighted by molar-refractivity contribution is 8.01. The summed E-state index contributed by atoms with van der Waals surface area (Å²) in [6.07, 6.45) is -0.765. The zero-order chi connectivity index (χ0) is 18.4. The van der Waals surface area contributed by atoms with Crippen molar-refractivity contribution in [3.8, 4) is 5.75 Å². The van der Waals surface area contributed by atoms with Crippen molar-refractivity contribution in [1.82, 2.24) is 10.2 Å². The summed E-state index contributed by atoms with van der Waals surface area (Å²) in [5.74, 6) is -1.23. The molecule has 2 aliphatic rings. The number of ether oxygens (including phenoxy) is 1. The van der Waals surface area contributed by atoms with Crippen LogP contribution in [-0.4, -0.2) is 56.1 Å². The fourth-order valence-corrected chi connectivity index (χ4v) is 4.80. The fraction of sp³-hybridized carbons (Fsp3) is 0.471. The third kappa shape index (κ3) is 3.06. The van der Waals surface area contributed by atoms with E-state index in [0.29, 0.717) is 5.75 Å². The molecule has 2 aliphatic heterocycles. The van der Waals surface area contributed by atoms with Crippen LogP contribution in [0.5, 0.6) is 5.75 Å². The first-order chi connectivity index (χ1) is 11.7. The highest BCUT2D eigenvalue weighted by Crippen LogP contribution is 2.50. The van der Waals surface area contributed by atoms with Crippen LogP contribution in [0.4, 0.5) is 0 Å². The Kier molecular flexibility index (Phi) is 4.40. The van der Waals surface area contributed by atoms with Gasteiger partial charge in [-0.05, 0) is 32.9 Å². The number of nitrogens with one attached hydrogen (secondary N) is 1. The number of hydrogen-bond acceptors (Lipinski definition) is 5. The van der Waals surface area contributed by atoms with Gasteiger partial charge in [0.25, 0.3) is 5.91 Å². The van der Waals surface area contributed by atoms with Crippen molar-refractivity contribution in [2.24, 2.45) is 0 Å². The molecule has 0 aromatic heterocycles. The Balaban J connectivity index is 1.64. The van der Waals surface area contributed by atoms with Gasteiger partial charge in [-0.1, -0.05) is 18.2 Å². The molecule has 2 amide bonds. The topological polar surface area (TPSA) is 95.9 Å². The number of carbonyl (C=O) groups excluding carboxylic acids is 2. The van der Waals surface area contributed by atoms with E-state index < -0.39 is 34.8 Å². The van der Waals surface area contributed by atoms with E-state index in [-0.39, 0.29) is 11.3 Å². The van der Waals surface area contributed by atoms with Gasteiger partial charge in [0.15, 0.2) is 6.10 Å². The Morgan fingerprint density at radius 3 is 2.56 bits per heavy atom. The van der Waals surface area contributed by atoms with Gasteiger partial charge in [0.2, 0.25) is 5.91 Å². The molecule has 2 fully saturated rings.